The Hall–Kier alpha value is -4.14. The summed E-state index contributed by atoms with van der Waals surface area (Å²) in [5.41, 5.74) is 1.48. The molecule has 1 aliphatic rings. The lowest BCUT2D eigenvalue weighted by atomic mass is 9.78. The number of hydrogen-bond donors (Lipinski definition) is 1. The average Bonchev–Trinajstić information content (AvgIpc) is 2.86. The van der Waals surface area contributed by atoms with Crippen LogP contribution in [0, 0.1) is 0 Å². The van der Waals surface area contributed by atoms with Crippen LogP contribution in [0.25, 0.3) is 0 Å². The minimum absolute atomic E-state index is 0.0604. The standard InChI is InChI=1S/C30H35N3O6/c1-29(2,3)39-28(35)32-21-17-24(18-21)37-22-11-7-19(8-12-22)30(4,5)20-9-13-23(14-10-20)38-25-15-16-31-26(33-25)27(34)36-6/h7-16,21,24H,17-18H2,1-6H3,(H,32,35). The largest absolute Gasteiger partial charge is 0.490 e. The third kappa shape index (κ3) is 7.25. The Morgan fingerprint density at radius 1 is 0.872 bits per heavy atom. The molecule has 2 aromatic carbocycles. The van der Waals surface area contributed by atoms with E-state index < -0.39 is 11.6 Å². The second-order valence-electron chi connectivity index (χ2n) is 11.0. The number of rotatable bonds is 8. The van der Waals surface area contributed by atoms with Gasteiger partial charge in [0.2, 0.25) is 11.7 Å². The lowest BCUT2D eigenvalue weighted by molar-refractivity contribution is 0.0362. The fraction of sp³-hybridized carbons (Fsp3) is 0.400. The van der Waals surface area contributed by atoms with Crippen molar-refractivity contribution in [2.24, 2.45) is 0 Å². The monoisotopic (exact) mass is 533 g/mol. The van der Waals surface area contributed by atoms with E-state index in [9.17, 15) is 9.59 Å². The summed E-state index contributed by atoms with van der Waals surface area (Å²) in [7, 11) is 1.28. The Bertz CT molecular complexity index is 1290. The maximum Gasteiger partial charge on any atom is 0.407 e. The van der Waals surface area contributed by atoms with Gasteiger partial charge in [0.15, 0.2) is 0 Å². The Morgan fingerprint density at radius 3 is 2.03 bits per heavy atom. The zero-order valence-electron chi connectivity index (χ0n) is 23.2. The third-order valence-corrected chi connectivity index (χ3v) is 6.49. The van der Waals surface area contributed by atoms with Crippen LogP contribution in [0.2, 0.25) is 0 Å². The molecule has 3 aromatic rings. The number of esters is 1. The van der Waals surface area contributed by atoms with E-state index >= 15 is 0 Å². The Labute approximate surface area is 228 Å². The van der Waals surface area contributed by atoms with Gasteiger partial charge in [-0.25, -0.2) is 14.6 Å². The molecule has 0 atom stereocenters. The van der Waals surface area contributed by atoms with Crippen molar-refractivity contribution < 1.29 is 28.5 Å². The maximum atomic E-state index is 11.9. The number of amides is 1. The number of alkyl carbamates (subject to hydrolysis) is 1. The van der Waals surface area contributed by atoms with Crippen molar-refractivity contribution in [3.05, 3.63) is 77.7 Å². The van der Waals surface area contributed by atoms with E-state index in [1.54, 1.807) is 6.07 Å². The molecular formula is C30H35N3O6. The highest BCUT2D eigenvalue weighted by Crippen LogP contribution is 2.35. The van der Waals surface area contributed by atoms with Crippen molar-refractivity contribution in [1.82, 2.24) is 15.3 Å². The summed E-state index contributed by atoms with van der Waals surface area (Å²) in [5.74, 6) is 0.963. The van der Waals surface area contributed by atoms with Crippen molar-refractivity contribution >= 4 is 12.1 Å². The van der Waals surface area contributed by atoms with E-state index in [4.69, 9.17) is 14.2 Å². The molecule has 1 amide bonds. The van der Waals surface area contributed by atoms with Crippen molar-refractivity contribution in [3.8, 4) is 17.4 Å². The normalized spacial score (nSPS) is 17.0. The quantitative estimate of drug-likeness (QED) is 0.361. The Morgan fingerprint density at radius 2 is 1.46 bits per heavy atom. The molecule has 1 saturated carbocycles. The summed E-state index contributed by atoms with van der Waals surface area (Å²) in [4.78, 5) is 31.5. The topological polar surface area (TPSA) is 109 Å². The molecule has 0 spiro atoms. The first-order valence-corrected chi connectivity index (χ1v) is 12.9. The molecule has 1 N–H and O–H groups in total. The van der Waals surface area contributed by atoms with Gasteiger partial charge in [0.1, 0.15) is 23.2 Å². The molecule has 0 saturated heterocycles. The van der Waals surface area contributed by atoms with E-state index in [1.807, 2.05) is 57.2 Å². The highest BCUT2D eigenvalue weighted by Gasteiger charge is 2.33. The predicted molar refractivity (Wildman–Crippen MR) is 145 cm³/mol. The first-order chi connectivity index (χ1) is 18.4. The highest BCUT2D eigenvalue weighted by molar-refractivity contribution is 5.85. The molecule has 0 unspecified atom stereocenters. The molecule has 1 fully saturated rings. The number of carbonyl (C=O) groups is 2. The second kappa shape index (κ2) is 11.3. The maximum absolute atomic E-state index is 11.9. The fourth-order valence-corrected chi connectivity index (χ4v) is 4.21. The van der Waals surface area contributed by atoms with Crippen LogP contribution in [-0.4, -0.2) is 46.9 Å². The molecule has 39 heavy (non-hydrogen) atoms. The molecule has 1 heterocycles. The van der Waals surface area contributed by atoms with E-state index in [1.165, 1.54) is 13.3 Å². The van der Waals surface area contributed by atoms with Gasteiger partial charge in [0, 0.05) is 36.6 Å². The zero-order chi connectivity index (χ0) is 28.2. The first kappa shape index (κ1) is 27.9. The number of aromatic nitrogens is 2. The molecule has 206 valence electrons. The molecule has 0 radical (unpaired) electrons. The smallest absolute Gasteiger partial charge is 0.407 e. The van der Waals surface area contributed by atoms with Crippen LogP contribution in [0.5, 0.6) is 17.4 Å². The van der Waals surface area contributed by atoms with Crippen LogP contribution < -0.4 is 14.8 Å². The van der Waals surface area contributed by atoms with Crippen LogP contribution in [0.15, 0.2) is 60.8 Å². The second-order valence-corrected chi connectivity index (χ2v) is 11.0. The number of carbonyl (C=O) groups excluding carboxylic acids is 2. The summed E-state index contributed by atoms with van der Waals surface area (Å²) in [6.45, 7) is 9.85. The van der Waals surface area contributed by atoms with Gasteiger partial charge in [-0.2, -0.15) is 4.98 Å². The third-order valence-electron chi connectivity index (χ3n) is 6.49. The summed E-state index contributed by atoms with van der Waals surface area (Å²) >= 11 is 0. The molecule has 9 nitrogen and oxygen atoms in total. The Balaban J connectivity index is 1.31. The number of nitrogens with one attached hydrogen (secondary N) is 1. The predicted octanol–water partition coefficient (Wildman–Crippen LogP) is 5.82. The van der Waals surface area contributed by atoms with Crippen molar-refractivity contribution in [3.63, 3.8) is 0 Å². The fourth-order valence-electron chi connectivity index (χ4n) is 4.21. The molecule has 1 aromatic heterocycles. The summed E-state index contributed by atoms with van der Waals surface area (Å²) in [5, 5.41) is 2.89. The van der Waals surface area contributed by atoms with Gasteiger partial charge in [-0.05, 0) is 56.2 Å². The molecule has 4 rings (SSSR count). The van der Waals surface area contributed by atoms with Crippen LogP contribution in [0.3, 0.4) is 0 Å². The van der Waals surface area contributed by atoms with Gasteiger partial charge < -0.3 is 24.3 Å². The first-order valence-electron chi connectivity index (χ1n) is 12.9. The molecule has 0 bridgehead atoms. The zero-order valence-corrected chi connectivity index (χ0v) is 23.2. The Kier molecular flexibility index (Phi) is 8.09. The van der Waals surface area contributed by atoms with Gasteiger partial charge in [-0.3, -0.25) is 0 Å². The van der Waals surface area contributed by atoms with Gasteiger partial charge in [-0.15, -0.1) is 0 Å². The molecular weight excluding hydrogens is 498 g/mol. The number of nitrogens with zero attached hydrogens (tertiary/aromatic N) is 2. The lowest BCUT2D eigenvalue weighted by Gasteiger charge is -2.36. The van der Waals surface area contributed by atoms with Gasteiger partial charge in [0.25, 0.3) is 0 Å². The summed E-state index contributed by atoms with van der Waals surface area (Å²) < 4.78 is 21.9. The van der Waals surface area contributed by atoms with Gasteiger partial charge in [0.05, 0.1) is 7.11 Å². The number of hydrogen-bond acceptors (Lipinski definition) is 8. The van der Waals surface area contributed by atoms with Gasteiger partial charge >= 0.3 is 12.1 Å². The van der Waals surface area contributed by atoms with Crippen LogP contribution in [0.4, 0.5) is 4.79 Å². The van der Waals surface area contributed by atoms with Crippen molar-refractivity contribution in [1.29, 1.82) is 0 Å². The number of benzene rings is 2. The number of methoxy groups -OCH3 is 1. The molecule has 1 aliphatic carbocycles. The van der Waals surface area contributed by atoms with Crippen molar-refractivity contribution in [2.45, 2.75) is 70.6 Å². The SMILES string of the molecule is COC(=O)c1nccc(Oc2ccc(C(C)(C)c3ccc(OC4CC(NC(=O)OC(C)(C)C)C4)cc3)cc2)n1. The number of ether oxygens (including phenoxy) is 4. The highest BCUT2D eigenvalue weighted by atomic mass is 16.6. The summed E-state index contributed by atoms with van der Waals surface area (Å²) in [6, 6.07) is 17.5. The average molecular weight is 534 g/mol. The van der Waals surface area contributed by atoms with Crippen LogP contribution in [0.1, 0.15) is 69.2 Å². The van der Waals surface area contributed by atoms with Gasteiger partial charge in [-0.1, -0.05) is 38.1 Å². The van der Waals surface area contributed by atoms with Crippen molar-refractivity contribution in [2.75, 3.05) is 7.11 Å². The lowest BCUT2D eigenvalue weighted by Crippen LogP contribution is -2.50. The van der Waals surface area contributed by atoms with Crippen LogP contribution in [-0.2, 0) is 14.9 Å². The van der Waals surface area contributed by atoms with E-state index in [-0.39, 0.29) is 35.4 Å². The summed E-state index contributed by atoms with van der Waals surface area (Å²) in [6.07, 6.45) is 2.62. The molecule has 9 heteroatoms. The minimum atomic E-state index is -0.624. The molecule has 0 aliphatic heterocycles. The van der Waals surface area contributed by atoms with E-state index in [0.717, 1.165) is 29.7 Å². The van der Waals surface area contributed by atoms with Crippen LogP contribution >= 0.6 is 0 Å². The van der Waals surface area contributed by atoms with E-state index in [0.29, 0.717) is 5.75 Å². The minimum Gasteiger partial charge on any atom is -0.490 e. The van der Waals surface area contributed by atoms with E-state index in [2.05, 4.69) is 46.0 Å².